The third-order valence-electron chi connectivity index (χ3n) is 3.38. The lowest BCUT2D eigenvalue weighted by Crippen LogP contribution is -2.10. The molecule has 3 rings (SSSR count). The fourth-order valence-corrected chi connectivity index (χ4v) is 2.54. The third kappa shape index (κ3) is 1.28. The molecule has 1 aliphatic heterocycles. The smallest absolute Gasteiger partial charge is 0.00176 e. The Bertz CT molecular complexity index is 373. The molecule has 14 heavy (non-hydrogen) atoms. The van der Waals surface area contributed by atoms with Gasteiger partial charge in [0.1, 0.15) is 0 Å². The van der Waals surface area contributed by atoms with E-state index >= 15 is 0 Å². The van der Waals surface area contributed by atoms with E-state index in [0.29, 0.717) is 0 Å². The highest BCUT2D eigenvalue weighted by Crippen LogP contribution is 2.31. The molecule has 0 spiro atoms. The van der Waals surface area contributed by atoms with Crippen LogP contribution in [0.3, 0.4) is 0 Å². The summed E-state index contributed by atoms with van der Waals surface area (Å²) >= 11 is 0. The van der Waals surface area contributed by atoms with Gasteiger partial charge in [-0.05, 0) is 36.4 Å². The predicted octanol–water partition coefficient (Wildman–Crippen LogP) is 2.24. The maximum Gasteiger partial charge on any atom is 0.00176 e. The molecule has 1 N–H and O–H groups in total. The van der Waals surface area contributed by atoms with Crippen molar-refractivity contribution in [2.24, 2.45) is 5.92 Å². The van der Waals surface area contributed by atoms with Gasteiger partial charge in [0.25, 0.3) is 0 Å². The van der Waals surface area contributed by atoms with Crippen LogP contribution in [0.15, 0.2) is 29.8 Å². The largest absolute Gasteiger partial charge is 0.316 e. The Hall–Kier alpha value is -1.08. The van der Waals surface area contributed by atoms with Gasteiger partial charge in [0, 0.05) is 6.54 Å². The molecule has 1 aliphatic carbocycles. The van der Waals surface area contributed by atoms with Crippen LogP contribution >= 0.6 is 0 Å². The molecule has 1 saturated heterocycles. The molecule has 0 saturated carbocycles. The van der Waals surface area contributed by atoms with Crippen molar-refractivity contribution in [3.63, 3.8) is 0 Å². The molecular weight excluding hydrogens is 170 g/mol. The first-order valence-corrected chi connectivity index (χ1v) is 5.42. The van der Waals surface area contributed by atoms with E-state index < -0.39 is 0 Å². The average molecular weight is 185 g/mol. The van der Waals surface area contributed by atoms with Gasteiger partial charge in [-0.1, -0.05) is 35.9 Å². The van der Waals surface area contributed by atoms with Crippen LogP contribution in [0.5, 0.6) is 0 Å². The summed E-state index contributed by atoms with van der Waals surface area (Å²) in [4.78, 5) is 0. The molecule has 1 heterocycles. The Labute approximate surface area is 84.8 Å². The van der Waals surface area contributed by atoms with E-state index in [1.807, 2.05) is 0 Å². The van der Waals surface area contributed by atoms with Gasteiger partial charge in [-0.15, -0.1) is 0 Å². The number of benzene rings is 1. The number of fused-ring (bicyclic) bond motifs is 1. The van der Waals surface area contributed by atoms with Gasteiger partial charge < -0.3 is 5.32 Å². The number of hydrogen-bond donors (Lipinski definition) is 1. The second-order valence-electron chi connectivity index (χ2n) is 4.28. The average Bonchev–Trinajstić information content (AvgIpc) is 2.86. The first-order valence-electron chi connectivity index (χ1n) is 5.42. The standard InChI is InChI=1S/C13H15N/c1-2-4-11-8-13(7-10(11)3-1)12-5-6-14-9-12/h1-4,7,12,14H,5-6,8-9H2. The predicted molar refractivity (Wildman–Crippen MR) is 59.1 cm³/mol. The van der Waals surface area contributed by atoms with Crippen LogP contribution in [0.1, 0.15) is 17.5 Å². The summed E-state index contributed by atoms with van der Waals surface area (Å²) in [5.41, 5.74) is 4.58. The number of rotatable bonds is 1. The van der Waals surface area contributed by atoms with Crippen molar-refractivity contribution in [3.8, 4) is 0 Å². The SMILES string of the molecule is C1=C(C2CCNC2)Cc2ccccc21. The molecule has 1 aromatic carbocycles. The Kier molecular flexibility index (Phi) is 1.91. The van der Waals surface area contributed by atoms with Gasteiger partial charge in [0.2, 0.25) is 0 Å². The van der Waals surface area contributed by atoms with Crippen molar-refractivity contribution in [1.29, 1.82) is 0 Å². The van der Waals surface area contributed by atoms with Crippen molar-refractivity contribution < 1.29 is 0 Å². The molecule has 2 aliphatic rings. The minimum atomic E-state index is 0.794. The van der Waals surface area contributed by atoms with Gasteiger partial charge in [0.05, 0.1) is 0 Å². The van der Waals surface area contributed by atoms with Crippen molar-refractivity contribution in [2.45, 2.75) is 12.8 Å². The monoisotopic (exact) mass is 185 g/mol. The molecule has 0 aromatic heterocycles. The summed E-state index contributed by atoms with van der Waals surface area (Å²) < 4.78 is 0. The molecule has 1 fully saturated rings. The molecule has 1 nitrogen and oxygen atoms in total. The summed E-state index contributed by atoms with van der Waals surface area (Å²) in [6.07, 6.45) is 4.90. The van der Waals surface area contributed by atoms with Gasteiger partial charge >= 0.3 is 0 Å². The molecule has 0 amide bonds. The third-order valence-corrected chi connectivity index (χ3v) is 3.38. The Morgan fingerprint density at radius 2 is 2.14 bits per heavy atom. The Morgan fingerprint density at radius 3 is 2.93 bits per heavy atom. The topological polar surface area (TPSA) is 12.0 Å². The summed E-state index contributed by atoms with van der Waals surface area (Å²) in [6, 6.07) is 8.75. The van der Waals surface area contributed by atoms with E-state index in [0.717, 1.165) is 5.92 Å². The summed E-state index contributed by atoms with van der Waals surface area (Å²) in [6.45, 7) is 2.37. The van der Waals surface area contributed by atoms with Crippen molar-refractivity contribution in [1.82, 2.24) is 5.32 Å². The van der Waals surface area contributed by atoms with E-state index in [-0.39, 0.29) is 0 Å². The van der Waals surface area contributed by atoms with Crippen LogP contribution in [-0.4, -0.2) is 13.1 Å². The maximum atomic E-state index is 3.44. The second kappa shape index (κ2) is 3.25. The van der Waals surface area contributed by atoms with Crippen molar-refractivity contribution >= 4 is 6.08 Å². The molecule has 0 radical (unpaired) electrons. The fourth-order valence-electron chi connectivity index (χ4n) is 2.54. The van der Waals surface area contributed by atoms with Gasteiger partial charge in [-0.2, -0.15) is 0 Å². The van der Waals surface area contributed by atoms with E-state index in [2.05, 4.69) is 35.7 Å². The minimum absolute atomic E-state index is 0.794. The van der Waals surface area contributed by atoms with E-state index in [4.69, 9.17) is 0 Å². The first-order chi connectivity index (χ1) is 6.93. The van der Waals surface area contributed by atoms with Gasteiger partial charge in [0.15, 0.2) is 0 Å². The quantitative estimate of drug-likeness (QED) is 0.707. The molecule has 72 valence electrons. The van der Waals surface area contributed by atoms with E-state index in [1.165, 1.54) is 37.1 Å². The normalized spacial score (nSPS) is 24.9. The van der Waals surface area contributed by atoms with Crippen LogP contribution in [0.4, 0.5) is 0 Å². The first kappa shape index (κ1) is 8.25. The van der Waals surface area contributed by atoms with Crippen molar-refractivity contribution in [2.75, 3.05) is 13.1 Å². The summed E-state index contributed by atoms with van der Waals surface area (Å²) in [5.74, 6) is 0.794. The minimum Gasteiger partial charge on any atom is -0.316 e. The van der Waals surface area contributed by atoms with Crippen LogP contribution in [0, 0.1) is 5.92 Å². The molecule has 1 unspecified atom stereocenters. The number of nitrogens with one attached hydrogen (secondary N) is 1. The van der Waals surface area contributed by atoms with Gasteiger partial charge in [-0.3, -0.25) is 0 Å². The highest BCUT2D eigenvalue weighted by Gasteiger charge is 2.22. The van der Waals surface area contributed by atoms with Crippen LogP contribution < -0.4 is 5.32 Å². The number of hydrogen-bond acceptors (Lipinski definition) is 1. The molecule has 1 heteroatoms. The van der Waals surface area contributed by atoms with Gasteiger partial charge in [-0.25, -0.2) is 0 Å². The van der Waals surface area contributed by atoms with Crippen molar-refractivity contribution in [3.05, 3.63) is 41.0 Å². The zero-order valence-electron chi connectivity index (χ0n) is 8.29. The summed E-state index contributed by atoms with van der Waals surface area (Å²) in [7, 11) is 0. The van der Waals surface area contributed by atoms with Crippen LogP contribution in [0.2, 0.25) is 0 Å². The second-order valence-corrected chi connectivity index (χ2v) is 4.28. The lowest BCUT2D eigenvalue weighted by atomic mass is 9.97. The maximum absolute atomic E-state index is 3.44. The lowest BCUT2D eigenvalue weighted by Gasteiger charge is -2.08. The molecule has 1 aromatic rings. The summed E-state index contributed by atoms with van der Waals surface area (Å²) in [5, 5.41) is 3.44. The molecular formula is C13H15N. The van der Waals surface area contributed by atoms with E-state index in [1.54, 1.807) is 5.57 Å². The van der Waals surface area contributed by atoms with E-state index in [9.17, 15) is 0 Å². The highest BCUT2D eigenvalue weighted by atomic mass is 14.9. The lowest BCUT2D eigenvalue weighted by molar-refractivity contribution is 0.672. The Balaban J connectivity index is 1.87. The zero-order chi connectivity index (χ0) is 9.38. The fraction of sp³-hybridized carbons (Fsp3) is 0.385. The molecule has 1 atom stereocenters. The zero-order valence-corrected chi connectivity index (χ0v) is 8.29. The van der Waals surface area contributed by atoms with Crippen LogP contribution in [-0.2, 0) is 6.42 Å². The molecule has 0 bridgehead atoms. The Morgan fingerprint density at radius 1 is 1.21 bits per heavy atom. The highest BCUT2D eigenvalue weighted by molar-refractivity contribution is 5.64. The van der Waals surface area contributed by atoms with Crippen LogP contribution in [0.25, 0.3) is 6.08 Å².